The van der Waals surface area contributed by atoms with Gasteiger partial charge in [-0.05, 0) is 31.7 Å². The number of pyridine rings is 1. The molecule has 2 aliphatic heterocycles. The van der Waals surface area contributed by atoms with Crippen LogP contribution in [0.3, 0.4) is 0 Å². The topological polar surface area (TPSA) is 99.2 Å². The lowest BCUT2D eigenvalue weighted by molar-refractivity contribution is -0.138. The van der Waals surface area contributed by atoms with Crippen molar-refractivity contribution in [3.63, 3.8) is 0 Å². The molecule has 2 amide bonds. The zero-order chi connectivity index (χ0) is 25.0. The van der Waals surface area contributed by atoms with E-state index >= 15 is 0 Å². The number of aromatic amines is 1. The summed E-state index contributed by atoms with van der Waals surface area (Å²) < 4.78 is 54.3. The number of alkyl halides is 3. The van der Waals surface area contributed by atoms with Crippen LogP contribution in [0.5, 0.6) is 0 Å². The second-order valence-corrected chi connectivity index (χ2v) is 9.02. The van der Waals surface area contributed by atoms with Gasteiger partial charge in [0.2, 0.25) is 0 Å². The van der Waals surface area contributed by atoms with E-state index in [9.17, 15) is 27.2 Å². The smallest absolute Gasteiger partial charge is 0.355 e. The number of carbonyl (C=O) groups is 1. The summed E-state index contributed by atoms with van der Waals surface area (Å²) in [5.74, 6) is 0.0505. The van der Waals surface area contributed by atoms with Gasteiger partial charge in [-0.15, -0.1) is 0 Å². The molecular formula is C22H23F4N7O2. The predicted molar refractivity (Wildman–Crippen MR) is 120 cm³/mol. The molecule has 0 atom stereocenters. The SMILES string of the molecule is Cn1cc(C(F)(F)F)cc(NC(=O)N2CCCC23CCN(c2cnc4[nH]cc(F)c4n2)CC3)c1=O. The average molecular weight is 493 g/mol. The van der Waals surface area contributed by atoms with Crippen LogP contribution in [-0.2, 0) is 13.2 Å². The number of halogens is 4. The van der Waals surface area contributed by atoms with E-state index in [4.69, 9.17) is 0 Å². The highest BCUT2D eigenvalue weighted by molar-refractivity contribution is 5.90. The number of likely N-dealkylation sites (tertiary alicyclic amines) is 1. The highest BCUT2D eigenvalue weighted by atomic mass is 19.4. The first-order chi connectivity index (χ1) is 16.6. The third-order valence-corrected chi connectivity index (χ3v) is 6.93. The molecule has 13 heteroatoms. The number of hydrogen-bond donors (Lipinski definition) is 2. The van der Waals surface area contributed by atoms with Crippen LogP contribution < -0.4 is 15.8 Å². The number of nitrogens with one attached hydrogen (secondary N) is 2. The Kier molecular flexibility index (Phi) is 5.44. The van der Waals surface area contributed by atoms with Crippen LogP contribution >= 0.6 is 0 Å². The summed E-state index contributed by atoms with van der Waals surface area (Å²) in [4.78, 5) is 40.4. The number of H-pyrrole nitrogens is 1. The van der Waals surface area contributed by atoms with Gasteiger partial charge in [-0.2, -0.15) is 13.2 Å². The van der Waals surface area contributed by atoms with Crippen molar-refractivity contribution in [2.75, 3.05) is 29.9 Å². The summed E-state index contributed by atoms with van der Waals surface area (Å²) in [7, 11) is 1.21. The number of anilines is 2. The maximum absolute atomic E-state index is 13.9. The molecule has 0 unspecified atom stereocenters. The molecule has 0 saturated carbocycles. The number of amides is 2. The summed E-state index contributed by atoms with van der Waals surface area (Å²) >= 11 is 0. The molecule has 0 bridgehead atoms. The molecule has 5 heterocycles. The Bertz CT molecular complexity index is 1340. The van der Waals surface area contributed by atoms with Crippen LogP contribution in [0.15, 0.2) is 29.5 Å². The third kappa shape index (κ3) is 4.08. The van der Waals surface area contributed by atoms with E-state index in [-0.39, 0.29) is 5.52 Å². The lowest BCUT2D eigenvalue weighted by atomic mass is 9.85. The Morgan fingerprint density at radius 2 is 1.94 bits per heavy atom. The van der Waals surface area contributed by atoms with Crippen LogP contribution in [0.25, 0.3) is 11.2 Å². The molecular weight excluding hydrogens is 470 g/mol. The van der Waals surface area contributed by atoms with Crippen molar-refractivity contribution in [1.29, 1.82) is 0 Å². The van der Waals surface area contributed by atoms with Gasteiger partial charge in [0.15, 0.2) is 11.5 Å². The van der Waals surface area contributed by atoms with E-state index in [1.54, 1.807) is 11.1 Å². The van der Waals surface area contributed by atoms with E-state index in [1.165, 1.54) is 13.2 Å². The number of nitrogens with zero attached hydrogens (tertiary/aromatic N) is 5. The molecule has 35 heavy (non-hydrogen) atoms. The standard InChI is InChI=1S/C22H23F4N7O2/c1-31-12-13(22(24,25)26)9-15(19(31)34)29-20(35)33-6-2-3-21(33)4-7-32(8-5-21)16-11-28-18-17(30-16)14(23)10-27-18/h9-12H,2-8H2,1H3,(H,27,28)(H,29,35). The number of hydrogen-bond acceptors (Lipinski definition) is 5. The van der Waals surface area contributed by atoms with E-state index in [0.717, 1.165) is 17.4 Å². The average Bonchev–Trinajstić information content (AvgIpc) is 3.40. The molecule has 3 aromatic rings. The van der Waals surface area contributed by atoms with Gasteiger partial charge < -0.3 is 24.7 Å². The van der Waals surface area contributed by atoms with Crippen LogP contribution in [0, 0.1) is 5.82 Å². The first-order valence-electron chi connectivity index (χ1n) is 11.2. The molecule has 2 aliphatic rings. The van der Waals surface area contributed by atoms with Crippen LogP contribution in [0.1, 0.15) is 31.2 Å². The number of carbonyl (C=O) groups excluding carboxylic acids is 1. The second-order valence-electron chi connectivity index (χ2n) is 9.02. The van der Waals surface area contributed by atoms with Crippen LogP contribution in [-0.4, -0.2) is 55.6 Å². The third-order valence-electron chi connectivity index (χ3n) is 6.93. The number of urea groups is 1. The van der Waals surface area contributed by atoms with Crippen molar-refractivity contribution >= 4 is 28.7 Å². The minimum atomic E-state index is -4.65. The maximum Gasteiger partial charge on any atom is 0.417 e. The summed E-state index contributed by atoms with van der Waals surface area (Å²) in [5.41, 5.74) is -2.11. The van der Waals surface area contributed by atoms with Crippen LogP contribution in [0.4, 0.5) is 33.9 Å². The normalized spacial score (nSPS) is 18.0. The van der Waals surface area contributed by atoms with Gasteiger partial charge in [-0.25, -0.2) is 19.2 Å². The van der Waals surface area contributed by atoms with Crippen molar-refractivity contribution in [1.82, 2.24) is 24.4 Å². The fourth-order valence-electron chi connectivity index (χ4n) is 5.07. The quantitative estimate of drug-likeness (QED) is 0.533. The molecule has 2 N–H and O–H groups in total. The van der Waals surface area contributed by atoms with Crippen molar-refractivity contribution in [2.45, 2.75) is 37.4 Å². The van der Waals surface area contributed by atoms with Crippen LogP contribution in [0.2, 0.25) is 0 Å². The van der Waals surface area contributed by atoms with E-state index in [2.05, 4.69) is 20.3 Å². The summed E-state index contributed by atoms with van der Waals surface area (Å²) in [6.07, 6.45) is 1.49. The molecule has 2 saturated heterocycles. The number of rotatable bonds is 2. The van der Waals surface area contributed by atoms with E-state index in [0.29, 0.717) is 56.2 Å². The maximum atomic E-state index is 13.9. The highest BCUT2D eigenvalue weighted by Gasteiger charge is 2.46. The van der Waals surface area contributed by atoms with Gasteiger partial charge in [-0.3, -0.25) is 4.79 Å². The lowest BCUT2D eigenvalue weighted by Crippen LogP contribution is -2.55. The monoisotopic (exact) mass is 493 g/mol. The number of piperidine rings is 1. The molecule has 2 fully saturated rings. The molecule has 0 aromatic carbocycles. The van der Waals surface area contributed by atoms with Crippen molar-refractivity contribution in [3.8, 4) is 0 Å². The Morgan fingerprint density at radius 3 is 2.66 bits per heavy atom. The molecule has 186 valence electrons. The fourth-order valence-corrected chi connectivity index (χ4v) is 5.07. The largest absolute Gasteiger partial charge is 0.417 e. The number of aryl methyl sites for hydroxylation is 1. The second kappa shape index (κ2) is 8.24. The van der Waals surface area contributed by atoms with Gasteiger partial charge in [0.1, 0.15) is 17.0 Å². The van der Waals surface area contributed by atoms with Crippen molar-refractivity contribution < 1.29 is 22.4 Å². The fraction of sp³-hybridized carbons (Fsp3) is 0.455. The van der Waals surface area contributed by atoms with Crippen molar-refractivity contribution in [3.05, 3.63) is 46.4 Å². The Hall–Kier alpha value is -3.64. The van der Waals surface area contributed by atoms with Gasteiger partial charge in [0.25, 0.3) is 5.56 Å². The Labute approximate surface area is 196 Å². The molecule has 9 nitrogen and oxygen atoms in total. The summed E-state index contributed by atoms with van der Waals surface area (Å²) in [6.45, 7) is 1.52. The van der Waals surface area contributed by atoms with Gasteiger partial charge in [0, 0.05) is 44.6 Å². The Balaban J connectivity index is 1.32. The molecule has 5 rings (SSSR count). The van der Waals surface area contributed by atoms with Gasteiger partial charge in [0.05, 0.1) is 11.8 Å². The minimum absolute atomic E-state index is 0.160. The minimum Gasteiger partial charge on any atom is -0.355 e. The molecule has 1 spiro atoms. The molecule has 3 aromatic heterocycles. The van der Waals surface area contributed by atoms with Gasteiger partial charge in [-0.1, -0.05) is 0 Å². The van der Waals surface area contributed by atoms with Crippen molar-refractivity contribution in [2.24, 2.45) is 7.05 Å². The molecule has 0 radical (unpaired) electrons. The first kappa shape index (κ1) is 23.1. The predicted octanol–water partition coefficient (Wildman–Crippen LogP) is 3.48. The zero-order valence-electron chi connectivity index (χ0n) is 18.8. The Morgan fingerprint density at radius 1 is 1.20 bits per heavy atom. The molecule has 0 aliphatic carbocycles. The highest BCUT2D eigenvalue weighted by Crippen LogP contribution is 2.40. The summed E-state index contributed by atoms with van der Waals surface area (Å²) in [6, 6.07) is 0.0727. The lowest BCUT2D eigenvalue weighted by Gasteiger charge is -2.45. The van der Waals surface area contributed by atoms with E-state index in [1.807, 2.05) is 4.90 Å². The van der Waals surface area contributed by atoms with Gasteiger partial charge >= 0.3 is 12.2 Å². The zero-order valence-corrected chi connectivity index (χ0v) is 18.8. The number of fused-ring (bicyclic) bond motifs is 1. The number of aromatic nitrogens is 4. The van der Waals surface area contributed by atoms with E-state index < -0.39 is 40.4 Å². The summed E-state index contributed by atoms with van der Waals surface area (Å²) in [5, 5.41) is 2.42. The first-order valence-corrected chi connectivity index (χ1v) is 11.2.